The van der Waals surface area contributed by atoms with Gasteiger partial charge in [-0.1, -0.05) is 103 Å². The number of rotatable bonds is 25. The molecule has 0 N–H and O–H groups in total. The number of thioether (sulfide) groups is 1. The molecule has 0 unspecified atom stereocenters. The summed E-state index contributed by atoms with van der Waals surface area (Å²) < 4.78 is 25.5. The lowest BCUT2D eigenvalue weighted by atomic mass is 10.0. The SMILES string of the molecule is Br.CCCCCCCCCCCCCCCCCCOC[C@@H](COC(=O)OCCN1C=CSC1)OC(=O)OC. The van der Waals surface area contributed by atoms with Crippen molar-refractivity contribution in [3.05, 3.63) is 11.6 Å². The molecular formula is C29H54BrNO7S. The third-order valence-corrected chi connectivity index (χ3v) is 7.26. The molecule has 0 spiro atoms. The van der Waals surface area contributed by atoms with Crippen molar-refractivity contribution in [1.29, 1.82) is 0 Å². The van der Waals surface area contributed by atoms with Gasteiger partial charge in [-0.3, -0.25) is 0 Å². The zero-order valence-corrected chi connectivity index (χ0v) is 26.9. The van der Waals surface area contributed by atoms with Crippen LogP contribution in [0.25, 0.3) is 0 Å². The predicted octanol–water partition coefficient (Wildman–Crippen LogP) is 8.62. The largest absolute Gasteiger partial charge is 0.508 e. The van der Waals surface area contributed by atoms with Crippen molar-refractivity contribution in [1.82, 2.24) is 4.90 Å². The van der Waals surface area contributed by atoms with E-state index in [1.807, 2.05) is 16.5 Å². The van der Waals surface area contributed by atoms with Crippen LogP contribution in [0.4, 0.5) is 9.59 Å². The number of methoxy groups -OCH3 is 1. The average Bonchev–Trinajstić information content (AvgIpc) is 3.44. The minimum absolute atomic E-state index is 0. The highest BCUT2D eigenvalue weighted by Crippen LogP contribution is 2.15. The Bertz CT molecular complexity index is 612. The van der Waals surface area contributed by atoms with E-state index >= 15 is 0 Å². The first-order valence-electron chi connectivity index (χ1n) is 14.8. The highest BCUT2D eigenvalue weighted by Gasteiger charge is 2.18. The van der Waals surface area contributed by atoms with Crippen molar-refractivity contribution < 1.29 is 33.3 Å². The van der Waals surface area contributed by atoms with Crippen LogP contribution in [0.5, 0.6) is 0 Å². The first-order valence-corrected chi connectivity index (χ1v) is 15.8. The van der Waals surface area contributed by atoms with Gasteiger partial charge < -0.3 is 28.6 Å². The molecule has 0 aromatic carbocycles. The van der Waals surface area contributed by atoms with Gasteiger partial charge in [-0.25, -0.2) is 9.59 Å². The second-order valence-electron chi connectivity index (χ2n) is 9.87. The Labute approximate surface area is 252 Å². The molecule has 1 heterocycles. The van der Waals surface area contributed by atoms with E-state index in [0.29, 0.717) is 13.2 Å². The number of halogens is 1. The van der Waals surface area contributed by atoms with Crippen molar-refractivity contribution in [3.63, 3.8) is 0 Å². The topological polar surface area (TPSA) is 83.5 Å². The molecule has 1 atom stereocenters. The van der Waals surface area contributed by atoms with Gasteiger partial charge in [-0.2, -0.15) is 0 Å². The molecule has 1 rings (SSSR count). The van der Waals surface area contributed by atoms with Crippen molar-refractivity contribution in [3.8, 4) is 0 Å². The van der Waals surface area contributed by atoms with E-state index in [2.05, 4.69) is 11.7 Å². The molecule has 39 heavy (non-hydrogen) atoms. The van der Waals surface area contributed by atoms with E-state index in [1.165, 1.54) is 97.0 Å². The Kier molecular flexibility index (Phi) is 27.6. The van der Waals surface area contributed by atoms with Gasteiger partial charge in [0.25, 0.3) is 0 Å². The molecule has 0 saturated heterocycles. The molecule has 8 nitrogen and oxygen atoms in total. The lowest BCUT2D eigenvalue weighted by Gasteiger charge is -2.18. The van der Waals surface area contributed by atoms with Crippen LogP contribution in [0.3, 0.4) is 0 Å². The molecule has 1 aliphatic rings. The number of carbonyl (C=O) groups excluding carboxylic acids is 2. The highest BCUT2D eigenvalue weighted by atomic mass is 79.9. The fourth-order valence-corrected chi connectivity index (χ4v) is 4.92. The molecule has 0 aromatic rings. The maximum atomic E-state index is 11.8. The van der Waals surface area contributed by atoms with Gasteiger partial charge in [-0.15, -0.1) is 28.7 Å². The van der Waals surface area contributed by atoms with Gasteiger partial charge in [0.2, 0.25) is 0 Å². The summed E-state index contributed by atoms with van der Waals surface area (Å²) in [6.45, 7) is 3.66. The van der Waals surface area contributed by atoms with E-state index in [-0.39, 0.29) is 36.8 Å². The van der Waals surface area contributed by atoms with Gasteiger partial charge in [0.15, 0.2) is 6.10 Å². The molecule has 0 bridgehead atoms. The third-order valence-electron chi connectivity index (χ3n) is 6.47. The minimum atomic E-state index is -0.837. The van der Waals surface area contributed by atoms with Crippen molar-refractivity contribution in [2.24, 2.45) is 0 Å². The van der Waals surface area contributed by atoms with Crippen LogP contribution in [0, 0.1) is 0 Å². The number of hydrogen-bond acceptors (Lipinski definition) is 9. The van der Waals surface area contributed by atoms with Crippen molar-refractivity contribution >= 4 is 41.1 Å². The number of hydrogen-bond donors (Lipinski definition) is 0. The zero-order valence-electron chi connectivity index (χ0n) is 24.4. The first-order chi connectivity index (χ1) is 18.7. The Balaban J connectivity index is 0.0000144. The Morgan fingerprint density at radius 1 is 0.769 bits per heavy atom. The molecule has 0 saturated carbocycles. The van der Waals surface area contributed by atoms with Crippen molar-refractivity contribution in [2.75, 3.05) is 46.0 Å². The maximum absolute atomic E-state index is 11.8. The van der Waals surface area contributed by atoms with Gasteiger partial charge in [0.1, 0.15) is 13.2 Å². The van der Waals surface area contributed by atoms with Gasteiger partial charge in [0, 0.05) is 12.8 Å². The molecular weight excluding hydrogens is 586 g/mol. The molecule has 10 heteroatoms. The lowest BCUT2D eigenvalue weighted by Crippen LogP contribution is -2.30. The summed E-state index contributed by atoms with van der Waals surface area (Å²) in [6.07, 6.45) is 20.7. The van der Waals surface area contributed by atoms with Crippen LogP contribution in [0.2, 0.25) is 0 Å². The summed E-state index contributed by atoms with van der Waals surface area (Å²) >= 11 is 1.68. The summed E-state index contributed by atoms with van der Waals surface area (Å²) in [6, 6.07) is 0. The monoisotopic (exact) mass is 639 g/mol. The van der Waals surface area contributed by atoms with E-state index < -0.39 is 18.4 Å². The molecule has 0 aromatic heterocycles. The Morgan fingerprint density at radius 2 is 1.33 bits per heavy atom. The normalized spacial score (nSPS) is 13.1. The summed E-state index contributed by atoms with van der Waals surface area (Å²) in [4.78, 5) is 25.3. The second kappa shape index (κ2) is 28.4. The average molecular weight is 641 g/mol. The number of nitrogens with zero attached hydrogens (tertiary/aromatic N) is 1. The van der Waals surface area contributed by atoms with Gasteiger partial charge in [-0.05, 0) is 11.8 Å². The Morgan fingerprint density at radius 3 is 1.85 bits per heavy atom. The minimum Gasteiger partial charge on any atom is -0.438 e. The summed E-state index contributed by atoms with van der Waals surface area (Å²) in [5.41, 5.74) is 0. The molecule has 230 valence electrons. The summed E-state index contributed by atoms with van der Waals surface area (Å²) in [7, 11) is 1.23. The predicted molar refractivity (Wildman–Crippen MR) is 164 cm³/mol. The number of unbranched alkanes of at least 4 members (excludes halogenated alkanes) is 15. The smallest absolute Gasteiger partial charge is 0.438 e. The lowest BCUT2D eigenvalue weighted by molar-refractivity contribution is -0.0446. The molecule has 0 amide bonds. The summed E-state index contributed by atoms with van der Waals surface area (Å²) in [5.74, 6) is 0.851. The third kappa shape index (κ3) is 24.4. The van der Waals surface area contributed by atoms with Gasteiger partial charge in [0.05, 0.1) is 26.1 Å². The molecule has 0 aliphatic carbocycles. The standard InChI is InChI=1S/C29H53NO7S.BrH/c1-3-4-5-6-7-8-9-10-11-12-13-14-15-16-17-18-21-34-24-27(37-28(31)33-2)25-36-29(32)35-22-19-30-20-23-38-26-30;/h20,23,27H,3-19,21-22,24-26H2,1-2H3;1H/t27-;/m0./s1. The molecule has 1 aliphatic heterocycles. The van der Waals surface area contributed by atoms with Crippen molar-refractivity contribution in [2.45, 2.75) is 116 Å². The molecule has 0 fully saturated rings. The zero-order chi connectivity index (χ0) is 27.5. The number of carbonyl (C=O) groups is 2. The van der Waals surface area contributed by atoms with E-state index in [0.717, 1.165) is 18.7 Å². The van der Waals surface area contributed by atoms with Crippen LogP contribution in [0.1, 0.15) is 110 Å². The van der Waals surface area contributed by atoms with Crippen LogP contribution in [-0.2, 0) is 23.7 Å². The second-order valence-corrected chi connectivity index (χ2v) is 10.7. The quantitative estimate of drug-likeness (QED) is 0.0719. The van der Waals surface area contributed by atoms with E-state index in [4.69, 9.17) is 18.9 Å². The van der Waals surface area contributed by atoms with E-state index in [1.54, 1.807) is 11.8 Å². The Hall–Kier alpha value is -1.13. The first kappa shape index (κ1) is 37.9. The van der Waals surface area contributed by atoms with Gasteiger partial charge >= 0.3 is 12.3 Å². The van der Waals surface area contributed by atoms with Crippen LogP contribution >= 0.6 is 28.7 Å². The van der Waals surface area contributed by atoms with Crippen LogP contribution < -0.4 is 0 Å². The number of ether oxygens (including phenoxy) is 5. The highest BCUT2D eigenvalue weighted by molar-refractivity contribution is 8.93. The fourth-order valence-electron chi connectivity index (χ4n) is 4.17. The molecule has 0 radical (unpaired) electrons. The fraction of sp³-hybridized carbons (Fsp3) is 0.862. The van der Waals surface area contributed by atoms with E-state index in [9.17, 15) is 9.59 Å². The summed E-state index contributed by atoms with van der Waals surface area (Å²) in [5, 5.41) is 1.99. The maximum Gasteiger partial charge on any atom is 0.508 e. The van der Waals surface area contributed by atoms with Crippen LogP contribution in [-0.4, -0.2) is 69.3 Å². The van der Waals surface area contributed by atoms with Crippen LogP contribution in [0.15, 0.2) is 11.6 Å².